The monoisotopic (exact) mass is 148 g/mol. The first-order valence-corrected chi connectivity index (χ1v) is 2.60. The van der Waals surface area contributed by atoms with Gasteiger partial charge in [-0.05, 0) is 0 Å². The van der Waals surface area contributed by atoms with Gasteiger partial charge in [-0.25, -0.2) is 0 Å². The molecule has 1 nitrogen and oxygen atoms in total. The van der Waals surface area contributed by atoms with Crippen molar-refractivity contribution in [1.29, 1.82) is 0 Å². The van der Waals surface area contributed by atoms with Gasteiger partial charge in [0.15, 0.2) is 0 Å². The maximum atomic E-state index is 4.83. The number of rotatable bonds is 0. The van der Waals surface area contributed by atoms with E-state index < -0.39 is 0 Å². The summed E-state index contributed by atoms with van der Waals surface area (Å²) in [6.45, 7) is 0. The molecule has 0 bridgehead atoms. The molecule has 0 unspecified atom stereocenters. The van der Waals surface area contributed by atoms with Gasteiger partial charge in [-0.2, -0.15) is 0 Å². The van der Waals surface area contributed by atoms with Crippen LogP contribution >= 0.6 is 0 Å². The Bertz CT molecular complexity index is 85.7. The Kier molecular flexibility index (Phi) is 1.08. The summed E-state index contributed by atoms with van der Waals surface area (Å²) in [6.07, 6.45) is 4.59. The number of ether oxygens (including phenoxy) is 1. The van der Waals surface area contributed by atoms with Crippen molar-refractivity contribution >= 4 is 20.2 Å². The molecule has 6 heavy (non-hydrogen) atoms. The van der Waals surface area contributed by atoms with Gasteiger partial charge in [-0.1, -0.05) is 0 Å². The molecule has 0 amide bonds. The van der Waals surface area contributed by atoms with E-state index in [4.69, 9.17) is 4.74 Å². The molecule has 1 aliphatic rings. The van der Waals surface area contributed by atoms with Crippen LogP contribution in [-0.4, -0.2) is 20.2 Å². The predicted octanol–water partition coefficient (Wildman–Crippen LogP) is 0.219. The summed E-state index contributed by atoms with van der Waals surface area (Å²) in [7, 11) is 0. The Labute approximate surface area is 44.4 Å². The predicted molar refractivity (Wildman–Crippen MR) is 25.6 cm³/mol. The van der Waals surface area contributed by atoms with Crippen LogP contribution < -0.4 is 0 Å². The Morgan fingerprint density at radius 3 is 2.83 bits per heavy atom. The zero-order valence-corrected chi connectivity index (χ0v) is 4.89. The standard InChI is InChI=1S/C4H4OSe/c6-4-2-1-3-5-4/h1,3H,2H2. The molecule has 2 heteroatoms. The minimum atomic E-state index is 0.944. The number of hydrogen-bond donors (Lipinski definition) is 0. The van der Waals surface area contributed by atoms with Crippen LogP contribution in [-0.2, 0) is 4.74 Å². The second-order valence-electron chi connectivity index (χ2n) is 1.07. The van der Waals surface area contributed by atoms with Crippen molar-refractivity contribution in [2.24, 2.45) is 0 Å². The molecule has 0 aliphatic carbocycles. The molecular weight excluding hydrogens is 143 g/mol. The SMILES string of the molecule is [Se]=C1CC=CO1. The van der Waals surface area contributed by atoms with E-state index in [-0.39, 0.29) is 0 Å². The fraction of sp³-hybridized carbons (Fsp3) is 0.250. The molecule has 0 radical (unpaired) electrons. The van der Waals surface area contributed by atoms with Gasteiger partial charge >= 0.3 is 43.7 Å². The van der Waals surface area contributed by atoms with Gasteiger partial charge in [0, 0.05) is 0 Å². The third-order valence-electron chi connectivity index (χ3n) is 0.580. The van der Waals surface area contributed by atoms with Crippen LogP contribution in [0.3, 0.4) is 0 Å². The first-order chi connectivity index (χ1) is 2.89. The average molecular weight is 147 g/mol. The third-order valence-corrected chi connectivity index (χ3v) is 1.13. The third kappa shape index (κ3) is 0.702. The summed E-state index contributed by atoms with van der Waals surface area (Å²) in [4.78, 5) is 0. The number of hydrogen-bond acceptors (Lipinski definition) is 1. The molecule has 0 saturated heterocycles. The molecular formula is C4H4OSe. The Balaban J connectivity index is 2.52. The van der Waals surface area contributed by atoms with Crippen LogP contribution in [0.25, 0.3) is 0 Å². The molecule has 0 spiro atoms. The molecule has 0 aromatic heterocycles. The molecule has 0 fully saturated rings. The second kappa shape index (κ2) is 1.59. The van der Waals surface area contributed by atoms with E-state index in [9.17, 15) is 0 Å². The topological polar surface area (TPSA) is 9.23 Å². The van der Waals surface area contributed by atoms with Crippen molar-refractivity contribution in [2.45, 2.75) is 6.42 Å². The van der Waals surface area contributed by atoms with Crippen molar-refractivity contribution in [2.75, 3.05) is 0 Å². The maximum absolute atomic E-state index is 4.83. The Hall–Kier alpha value is -0.0705. The van der Waals surface area contributed by atoms with Crippen LogP contribution in [0, 0.1) is 0 Å². The van der Waals surface area contributed by atoms with E-state index in [0.29, 0.717) is 0 Å². The first kappa shape index (κ1) is 4.10. The van der Waals surface area contributed by atoms with Gasteiger partial charge < -0.3 is 0 Å². The van der Waals surface area contributed by atoms with Crippen LogP contribution in [0.2, 0.25) is 0 Å². The van der Waals surface area contributed by atoms with Crippen LogP contribution in [0.1, 0.15) is 6.42 Å². The van der Waals surface area contributed by atoms with Crippen molar-refractivity contribution in [3.05, 3.63) is 12.3 Å². The van der Waals surface area contributed by atoms with E-state index in [0.717, 1.165) is 11.0 Å². The zero-order valence-electron chi connectivity index (χ0n) is 3.18. The first-order valence-electron chi connectivity index (χ1n) is 1.74. The van der Waals surface area contributed by atoms with Gasteiger partial charge in [0.1, 0.15) is 0 Å². The van der Waals surface area contributed by atoms with Gasteiger partial charge in [-0.15, -0.1) is 0 Å². The quantitative estimate of drug-likeness (QED) is 0.445. The molecule has 1 rings (SSSR count). The summed E-state index contributed by atoms with van der Waals surface area (Å²) in [5, 5.41) is 0. The molecule has 0 aromatic rings. The van der Waals surface area contributed by atoms with Crippen molar-refractivity contribution in [1.82, 2.24) is 0 Å². The molecule has 0 atom stereocenters. The van der Waals surface area contributed by atoms with Gasteiger partial charge in [0.2, 0.25) is 0 Å². The summed E-state index contributed by atoms with van der Waals surface area (Å²) < 4.78 is 5.80. The van der Waals surface area contributed by atoms with E-state index in [1.807, 2.05) is 6.08 Å². The van der Waals surface area contributed by atoms with Crippen molar-refractivity contribution < 1.29 is 4.74 Å². The van der Waals surface area contributed by atoms with Gasteiger partial charge in [-0.3, -0.25) is 0 Å². The molecule has 1 aliphatic heterocycles. The van der Waals surface area contributed by atoms with Crippen LogP contribution in [0.5, 0.6) is 0 Å². The fourth-order valence-corrected chi connectivity index (χ4v) is 0.635. The molecule has 1 heterocycles. The zero-order chi connectivity index (χ0) is 4.41. The van der Waals surface area contributed by atoms with Crippen molar-refractivity contribution in [3.63, 3.8) is 0 Å². The second-order valence-corrected chi connectivity index (χ2v) is 2.02. The molecule has 0 N–H and O–H groups in total. The van der Waals surface area contributed by atoms with Crippen LogP contribution in [0.4, 0.5) is 0 Å². The molecule has 32 valence electrons. The minimum absolute atomic E-state index is 0.944. The summed E-state index contributed by atoms with van der Waals surface area (Å²) in [6, 6.07) is 0. The Morgan fingerprint density at radius 2 is 2.67 bits per heavy atom. The Morgan fingerprint density at radius 1 is 1.83 bits per heavy atom. The summed E-state index contributed by atoms with van der Waals surface area (Å²) in [5.41, 5.74) is 0. The van der Waals surface area contributed by atoms with Gasteiger partial charge in [0.05, 0.1) is 0 Å². The van der Waals surface area contributed by atoms with Gasteiger partial charge in [0.25, 0.3) is 0 Å². The van der Waals surface area contributed by atoms with E-state index in [2.05, 4.69) is 15.6 Å². The normalized spacial score (nSPS) is 18.3. The summed E-state index contributed by atoms with van der Waals surface area (Å²) >= 11 is 2.77. The molecule has 0 aromatic carbocycles. The van der Waals surface area contributed by atoms with Crippen molar-refractivity contribution in [3.8, 4) is 0 Å². The van der Waals surface area contributed by atoms with Crippen LogP contribution in [0.15, 0.2) is 12.3 Å². The average Bonchev–Trinajstić information content (AvgIpc) is 1.86. The summed E-state index contributed by atoms with van der Waals surface area (Å²) in [5.74, 6) is 0. The van der Waals surface area contributed by atoms with E-state index >= 15 is 0 Å². The molecule has 0 saturated carbocycles. The van der Waals surface area contributed by atoms with E-state index in [1.165, 1.54) is 0 Å². The van der Waals surface area contributed by atoms with E-state index in [1.54, 1.807) is 6.26 Å². The fourth-order valence-electron chi connectivity index (χ4n) is 0.316.